The molecule has 3 rings (SSSR count). The molecule has 162 valence electrons. The summed E-state index contributed by atoms with van der Waals surface area (Å²) in [6, 6.07) is 13.5. The molecule has 0 saturated heterocycles. The number of fused-ring (bicyclic) bond motifs is 1. The van der Waals surface area contributed by atoms with Crippen LogP contribution in [0.4, 0.5) is 0 Å². The van der Waals surface area contributed by atoms with Gasteiger partial charge in [-0.1, -0.05) is 29.8 Å². The van der Waals surface area contributed by atoms with Crippen LogP contribution in [0.2, 0.25) is 0 Å². The van der Waals surface area contributed by atoms with Gasteiger partial charge in [0, 0.05) is 24.1 Å². The summed E-state index contributed by atoms with van der Waals surface area (Å²) < 4.78 is 11.2. The summed E-state index contributed by atoms with van der Waals surface area (Å²) in [5, 5.41) is 7.43. The van der Waals surface area contributed by atoms with Gasteiger partial charge in [0.15, 0.2) is 16.6 Å². The maximum atomic E-state index is 5.63. The van der Waals surface area contributed by atoms with Crippen molar-refractivity contribution in [1.29, 1.82) is 0 Å². The molecule has 0 aliphatic carbocycles. The van der Waals surface area contributed by atoms with Crippen LogP contribution in [-0.2, 0) is 13.0 Å². The van der Waals surface area contributed by atoms with Gasteiger partial charge in [-0.3, -0.25) is 0 Å². The van der Waals surface area contributed by atoms with Gasteiger partial charge in [0.1, 0.15) is 12.6 Å². The van der Waals surface area contributed by atoms with Gasteiger partial charge in [0.25, 0.3) is 0 Å². The fourth-order valence-corrected chi connectivity index (χ4v) is 4.85. The minimum atomic E-state index is 0.161. The Kier molecular flexibility index (Phi) is 7.56. The zero-order chi connectivity index (χ0) is 21.7. The second-order valence-electron chi connectivity index (χ2n) is 8.00. The monoisotopic (exact) mass is 428 g/mol. The molecule has 6 heteroatoms. The smallest absolute Gasteiger partial charge is 0.166 e. The second-order valence-corrected chi connectivity index (χ2v) is 8.41. The molecule has 0 bridgehead atoms. The minimum absolute atomic E-state index is 0.161. The van der Waals surface area contributed by atoms with Crippen LogP contribution in [0.3, 0.4) is 0 Å². The van der Waals surface area contributed by atoms with Crippen LogP contribution >= 0.6 is 12.2 Å². The Labute approximate surface area is 185 Å². The molecule has 2 aromatic rings. The lowest BCUT2D eigenvalue weighted by molar-refractivity contribution is -0.948. The van der Waals surface area contributed by atoms with Gasteiger partial charge < -0.3 is 25.0 Å². The summed E-state index contributed by atoms with van der Waals surface area (Å²) in [6.45, 7) is 9.27. The first-order valence-corrected chi connectivity index (χ1v) is 11.1. The normalized spacial score (nSPS) is 18.8. The van der Waals surface area contributed by atoms with Gasteiger partial charge in [0.05, 0.1) is 26.8 Å². The van der Waals surface area contributed by atoms with Crippen LogP contribution in [0.1, 0.15) is 42.1 Å². The van der Waals surface area contributed by atoms with Crippen LogP contribution in [0, 0.1) is 6.92 Å². The highest BCUT2D eigenvalue weighted by atomic mass is 32.1. The van der Waals surface area contributed by atoms with E-state index in [-0.39, 0.29) is 12.1 Å². The molecule has 1 heterocycles. The highest BCUT2D eigenvalue weighted by Crippen LogP contribution is 2.35. The molecule has 5 nitrogen and oxygen atoms in total. The zero-order valence-corrected chi connectivity index (χ0v) is 19.5. The summed E-state index contributed by atoms with van der Waals surface area (Å²) >= 11 is 5.49. The molecule has 2 aromatic carbocycles. The number of methoxy groups -OCH3 is 2. The molecule has 1 aliphatic rings. The Hall–Kier alpha value is -2.31. The Morgan fingerprint density at radius 1 is 1.20 bits per heavy atom. The van der Waals surface area contributed by atoms with E-state index in [2.05, 4.69) is 67.8 Å². The molecule has 0 amide bonds. The first-order chi connectivity index (χ1) is 14.5. The van der Waals surface area contributed by atoms with E-state index in [0.717, 1.165) is 37.6 Å². The maximum absolute atomic E-state index is 5.63. The van der Waals surface area contributed by atoms with E-state index >= 15 is 0 Å². The molecule has 0 aromatic heterocycles. The van der Waals surface area contributed by atoms with Crippen molar-refractivity contribution in [2.24, 2.45) is 0 Å². The van der Waals surface area contributed by atoms with Crippen LogP contribution in [-0.4, -0.2) is 38.5 Å². The Morgan fingerprint density at radius 2 is 1.93 bits per heavy atom. The van der Waals surface area contributed by atoms with Gasteiger partial charge in [0.2, 0.25) is 0 Å². The van der Waals surface area contributed by atoms with Crippen LogP contribution in [0.5, 0.6) is 11.5 Å². The van der Waals surface area contributed by atoms with E-state index < -0.39 is 0 Å². The second kappa shape index (κ2) is 10.1. The van der Waals surface area contributed by atoms with E-state index in [0.29, 0.717) is 5.11 Å². The van der Waals surface area contributed by atoms with E-state index in [1.54, 1.807) is 14.2 Å². The van der Waals surface area contributed by atoms with Crippen molar-refractivity contribution < 1.29 is 14.4 Å². The highest BCUT2D eigenvalue weighted by molar-refractivity contribution is 7.80. The lowest BCUT2D eigenvalue weighted by Gasteiger charge is -2.38. The third-order valence-corrected chi connectivity index (χ3v) is 6.11. The Balaban J connectivity index is 1.97. The number of hydrogen-bond acceptors (Lipinski definition) is 3. The molecule has 0 fully saturated rings. The van der Waals surface area contributed by atoms with Gasteiger partial charge >= 0.3 is 0 Å². The van der Waals surface area contributed by atoms with E-state index in [1.807, 2.05) is 0 Å². The molecule has 3 atom stereocenters. The number of quaternary nitrogens is 1. The van der Waals surface area contributed by atoms with Crippen molar-refractivity contribution >= 4 is 17.3 Å². The summed E-state index contributed by atoms with van der Waals surface area (Å²) in [7, 11) is 3.39. The van der Waals surface area contributed by atoms with Crippen molar-refractivity contribution in [3.05, 3.63) is 58.7 Å². The molecule has 3 N–H and O–H groups in total. The first-order valence-electron chi connectivity index (χ1n) is 10.7. The molecular formula is C24H34N3O2S+. The molecule has 1 aliphatic heterocycles. The number of thiocarbonyl (C=S) groups is 1. The third-order valence-electron chi connectivity index (χ3n) is 5.85. The number of rotatable bonds is 7. The lowest BCUT2D eigenvalue weighted by Crippen LogP contribution is -3.13. The average Bonchev–Trinajstić information content (AvgIpc) is 2.72. The summed E-state index contributed by atoms with van der Waals surface area (Å²) in [4.78, 5) is 1.53. The summed E-state index contributed by atoms with van der Waals surface area (Å²) in [5.41, 5.74) is 5.29. The maximum Gasteiger partial charge on any atom is 0.166 e. The van der Waals surface area contributed by atoms with Crippen molar-refractivity contribution in [1.82, 2.24) is 10.6 Å². The number of aryl methyl sites for hydroxylation is 1. The number of hydrogen-bond donors (Lipinski definition) is 3. The average molecular weight is 429 g/mol. The number of ether oxygens (including phenoxy) is 2. The van der Waals surface area contributed by atoms with Gasteiger partial charge in [-0.25, -0.2) is 0 Å². The lowest BCUT2D eigenvalue weighted by atomic mass is 9.87. The third kappa shape index (κ3) is 5.05. The van der Waals surface area contributed by atoms with Crippen LogP contribution < -0.4 is 25.0 Å². The summed E-state index contributed by atoms with van der Waals surface area (Å²) in [6.07, 6.45) is 1.01. The zero-order valence-electron chi connectivity index (χ0n) is 18.7. The quantitative estimate of drug-likeness (QED) is 0.592. The minimum Gasteiger partial charge on any atom is -0.493 e. The predicted molar refractivity (Wildman–Crippen MR) is 126 cm³/mol. The number of nitrogens with one attached hydrogen (secondary N) is 3. The molecule has 0 radical (unpaired) electrons. The fourth-order valence-electron chi connectivity index (χ4n) is 4.52. The van der Waals surface area contributed by atoms with E-state index in [9.17, 15) is 0 Å². The van der Waals surface area contributed by atoms with E-state index in [1.165, 1.54) is 27.2 Å². The highest BCUT2D eigenvalue weighted by Gasteiger charge is 2.36. The topological polar surface area (TPSA) is 47.0 Å². The van der Waals surface area contributed by atoms with Crippen molar-refractivity contribution in [3.8, 4) is 11.5 Å². The van der Waals surface area contributed by atoms with Gasteiger partial charge in [-0.2, -0.15) is 0 Å². The molecule has 0 spiro atoms. The molecule has 30 heavy (non-hydrogen) atoms. The molecular weight excluding hydrogens is 394 g/mol. The SMILES string of the molecule is CCNC(=S)N[C@H](C)[C@H]1c2cc(OC)c(OC)cc2CC[NH+]1Cc1cccc(C)c1. The fraction of sp³-hybridized carbons (Fsp3) is 0.458. The predicted octanol–water partition coefficient (Wildman–Crippen LogP) is 2.57. The number of benzene rings is 2. The molecule has 0 saturated carbocycles. The molecule has 1 unspecified atom stereocenters. The Morgan fingerprint density at radius 3 is 2.60 bits per heavy atom. The van der Waals surface area contributed by atoms with E-state index in [4.69, 9.17) is 21.7 Å². The van der Waals surface area contributed by atoms with Gasteiger partial charge in [-0.15, -0.1) is 0 Å². The largest absolute Gasteiger partial charge is 0.493 e. The first kappa shape index (κ1) is 22.4. The van der Waals surface area contributed by atoms with Crippen LogP contribution in [0.15, 0.2) is 36.4 Å². The summed E-state index contributed by atoms with van der Waals surface area (Å²) in [5.74, 6) is 1.57. The Bertz CT molecular complexity index is 887. The van der Waals surface area contributed by atoms with Crippen molar-refractivity contribution in [3.63, 3.8) is 0 Å². The van der Waals surface area contributed by atoms with Crippen LogP contribution in [0.25, 0.3) is 0 Å². The standard InChI is InChI=1S/C24H33N3O2S/c1-6-25-24(30)26-17(3)23-20-14-22(29-5)21(28-4)13-19(20)10-11-27(23)15-18-9-7-8-16(2)12-18/h7-9,12-14,17,23H,6,10-11,15H2,1-5H3,(H2,25,26,30)/p+1/t17-,23+/m1/s1. The van der Waals surface area contributed by atoms with Gasteiger partial charge in [-0.05, 0) is 50.7 Å². The van der Waals surface area contributed by atoms with Crippen molar-refractivity contribution in [2.75, 3.05) is 27.3 Å². The van der Waals surface area contributed by atoms with Crippen molar-refractivity contribution in [2.45, 2.75) is 45.8 Å².